The lowest BCUT2D eigenvalue weighted by Crippen LogP contribution is -2.36. The highest BCUT2D eigenvalue weighted by Crippen LogP contribution is 2.30. The molecule has 0 amide bonds. The second-order valence-electron chi connectivity index (χ2n) is 4.39. The third-order valence-corrected chi connectivity index (χ3v) is 3.58. The van der Waals surface area contributed by atoms with Crippen LogP contribution in [-0.2, 0) is 0 Å². The van der Waals surface area contributed by atoms with Gasteiger partial charge < -0.3 is 5.32 Å². The highest BCUT2D eigenvalue weighted by atomic mass is 32.2. The van der Waals surface area contributed by atoms with Crippen LogP contribution in [0.25, 0.3) is 0 Å². The molecule has 0 aromatic heterocycles. The zero-order valence-electron chi connectivity index (χ0n) is 7.76. The minimum Gasteiger partial charge on any atom is -0.359 e. The monoisotopic (exact) mass is 184 g/mol. The molecule has 3 heteroatoms. The Morgan fingerprint density at radius 1 is 1.58 bits per heavy atom. The van der Waals surface area contributed by atoms with E-state index in [1.807, 2.05) is 11.8 Å². The maximum atomic E-state index is 4.55. The molecule has 2 rings (SSSR count). The van der Waals surface area contributed by atoms with Gasteiger partial charge in [-0.15, -0.1) is 0 Å². The molecule has 2 nitrogen and oxygen atoms in total. The maximum Gasteiger partial charge on any atom is 0.157 e. The van der Waals surface area contributed by atoms with Gasteiger partial charge in [0.25, 0.3) is 0 Å². The fourth-order valence-electron chi connectivity index (χ4n) is 1.21. The van der Waals surface area contributed by atoms with E-state index < -0.39 is 0 Å². The first kappa shape index (κ1) is 8.42. The minimum absolute atomic E-state index is 0.257. The largest absolute Gasteiger partial charge is 0.359 e. The summed E-state index contributed by atoms with van der Waals surface area (Å²) in [4.78, 5) is 4.55. The van der Waals surface area contributed by atoms with Gasteiger partial charge in [0.15, 0.2) is 5.17 Å². The molecular weight excluding hydrogens is 168 g/mol. The topological polar surface area (TPSA) is 24.4 Å². The van der Waals surface area contributed by atoms with Crippen LogP contribution in [0.3, 0.4) is 0 Å². The van der Waals surface area contributed by atoms with Gasteiger partial charge in [0.1, 0.15) is 0 Å². The molecule has 0 aromatic carbocycles. The van der Waals surface area contributed by atoms with Crippen molar-refractivity contribution in [3.8, 4) is 0 Å². The van der Waals surface area contributed by atoms with Crippen LogP contribution in [0.2, 0.25) is 0 Å². The first-order valence-corrected chi connectivity index (χ1v) is 5.60. The van der Waals surface area contributed by atoms with E-state index >= 15 is 0 Å². The second kappa shape index (κ2) is 2.95. The van der Waals surface area contributed by atoms with Crippen molar-refractivity contribution < 1.29 is 0 Å². The van der Waals surface area contributed by atoms with Crippen molar-refractivity contribution in [2.75, 3.05) is 12.3 Å². The van der Waals surface area contributed by atoms with Gasteiger partial charge in [-0.1, -0.05) is 11.8 Å². The fraction of sp³-hybridized carbons (Fsp3) is 0.889. The molecule has 1 aliphatic carbocycles. The summed E-state index contributed by atoms with van der Waals surface area (Å²) in [6.07, 6.45) is 2.79. The number of aliphatic imine (C=N–C) groups is 1. The van der Waals surface area contributed by atoms with Crippen LogP contribution in [0.5, 0.6) is 0 Å². The van der Waals surface area contributed by atoms with Gasteiger partial charge in [0.2, 0.25) is 0 Å². The van der Waals surface area contributed by atoms with Gasteiger partial charge in [-0.2, -0.15) is 0 Å². The Kier molecular flexibility index (Phi) is 2.07. The second-order valence-corrected chi connectivity index (χ2v) is 5.35. The first-order chi connectivity index (χ1) is 5.66. The summed E-state index contributed by atoms with van der Waals surface area (Å²) in [6.45, 7) is 5.49. The highest BCUT2D eigenvalue weighted by Gasteiger charge is 2.28. The molecule has 1 aliphatic heterocycles. The number of hydrogen-bond acceptors (Lipinski definition) is 2. The molecule has 1 heterocycles. The number of thioether (sulfide) groups is 1. The van der Waals surface area contributed by atoms with Crippen LogP contribution in [-0.4, -0.2) is 23.0 Å². The van der Waals surface area contributed by atoms with Gasteiger partial charge in [-0.25, -0.2) is 0 Å². The van der Waals surface area contributed by atoms with Crippen LogP contribution >= 0.6 is 11.8 Å². The van der Waals surface area contributed by atoms with E-state index in [4.69, 9.17) is 0 Å². The quantitative estimate of drug-likeness (QED) is 0.708. The van der Waals surface area contributed by atoms with Crippen LogP contribution < -0.4 is 5.32 Å². The third kappa shape index (κ3) is 2.16. The molecule has 0 atom stereocenters. The molecule has 12 heavy (non-hydrogen) atoms. The molecule has 0 spiro atoms. The zero-order valence-corrected chi connectivity index (χ0v) is 8.58. The summed E-state index contributed by atoms with van der Waals surface area (Å²) in [6, 6.07) is 0. The highest BCUT2D eigenvalue weighted by molar-refractivity contribution is 8.14. The van der Waals surface area contributed by atoms with E-state index in [-0.39, 0.29) is 5.54 Å². The summed E-state index contributed by atoms with van der Waals surface area (Å²) in [7, 11) is 0. The van der Waals surface area contributed by atoms with E-state index in [2.05, 4.69) is 24.2 Å². The Morgan fingerprint density at radius 3 is 2.83 bits per heavy atom. The SMILES string of the molecule is CC1(C)CSC(=NCC2CC2)N1. The first-order valence-electron chi connectivity index (χ1n) is 4.61. The molecule has 68 valence electrons. The number of amidine groups is 1. The van der Waals surface area contributed by atoms with Crippen molar-refractivity contribution in [3.63, 3.8) is 0 Å². The average Bonchev–Trinajstić information content (AvgIpc) is 2.74. The summed E-state index contributed by atoms with van der Waals surface area (Å²) >= 11 is 1.86. The summed E-state index contributed by atoms with van der Waals surface area (Å²) in [5.74, 6) is 2.06. The molecule has 1 saturated heterocycles. The smallest absolute Gasteiger partial charge is 0.157 e. The predicted molar refractivity (Wildman–Crippen MR) is 54.7 cm³/mol. The van der Waals surface area contributed by atoms with Gasteiger partial charge in [0.05, 0.1) is 0 Å². The van der Waals surface area contributed by atoms with Crippen molar-refractivity contribution in [2.24, 2.45) is 10.9 Å². The van der Waals surface area contributed by atoms with Gasteiger partial charge in [-0.3, -0.25) is 4.99 Å². The number of hydrogen-bond donors (Lipinski definition) is 1. The van der Waals surface area contributed by atoms with E-state index in [1.165, 1.54) is 12.8 Å². The van der Waals surface area contributed by atoms with Gasteiger partial charge >= 0.3 is 0 Å². The molecule has 0 bridgehead atoms. The van der Waals surface area contributed by atoms with E-state index in [0.29, 0.717) is 0 Å². The van der Waals surface area contributed by atoms with Gasteiger partial charge in [-0.05, 0) is 32.6 Å². The number of nitrogens with zero attached hydrogens (tertiary/aromatic N) is 1. The predicted octanol–water partition coefficient (Wildman–Crippen LogP) is 1.87. The van der Waals surface area contributed by atoms with Crippen molar-refractivity contribution in [3.05, 3.63) is 0 Å². The maximum absolute atomic E-state index is 4.55. The molecule has 0 aromatic rings. The Bertz CT molecular complexity index is 207. The normalized spacial score (nSPS) is 30.7. The Morgan fingerprint density at radius 2 is 2.33 bits per heavy atom. The zero-order chi connectivity index (χ0) is 8.60. The Hall–Kier alpha value is -0.180. The van der Waals surface area contributed by atoms with E-state index in [9.17, 15) is 0 Å². The lowest BCUT2D eigenvalue weighted by molar-refractivity contribution is 0.536. The minimum atomic E-state index is 0.257. The fourth-order valence-corrected chi connectivity index (χ4v) is 2.29. The van der Waals surface area contributed by atoms with Crippen molar-refractivity contribution in [2.45, 2.75) is 32.2 Å². The van der Waals surface area contributed by atoms with E-state index in [1.54, 1.807) is 0 Å². The van der Waals surface area contributed by atoms with Crippen LogP contribution in [0.1, 0.15) is 26.7 Å². The van der Waals surface area contributed by atoms with Crippen LogP contribution in [0, 0.1) is 5.92 Å². The average molecular weight is 184 g/mol. The molecular formula is C9H16N2S. The molecule has 1 saturated carbocycles. The standard InChI is InChI=1S/C9H16N2S/c1-9(2)6-12-8(11-9)10-5-7-3-4-7/h7H,3-6H2,1-2H3,(H,10,11). The Labute approximate surface area is 78.2 Å². The molecule has 2 aliphatic rings. The third-order valence-electron chi connectivity index (χ3n) is 2.21. The molecule has 0 radical (unpaired) electrons. The van der Waals surface area contributed by atoms with Crippen molar-refractivity contribution in [1.29, 1.82) is 0 Å². The number of nitrogens with one attached hydrogen (secondary N) is 1. The van der Waals surface area contributed by atoms with E-state index in [0.717, 1.165) is 23.4 Å². The van der Waals surface area contributed by atoms with Crippen molar-refractivity contribution >= 4 is 16.9 Å². The Balaban J connectivity index is 1.84. The van der Waals surface area contributed by atoms with Crippen LogP contribution in [0.4, 0.5) is 0 Å². The molecule has 2 fully saturated rings. The number of rotatable bonds is 2. The lowest BCUT2D eigenvalue weighted by atomic mass is 10.1. The molecule has 0 unspecified atom stereocenters. The van der Waals surface area contributed by atoms with Gasteiger partial charge in [0, 0.05) is 17.8 Å². The lowest BCUT2D eigenvalue weighted by Gasteiger charge is -2.15. The summed E-state index contributed by atoms with van der Waals surface area (Å²) in [5.41, 5.74) is 0.257. The molecule has 1 N–H and O–H groups in total. The van der Waals surface area contributed by atoms with Crippen molar-refractivity contribution in [1.82, 2.24) is 5.32 Å². The van der Waals surface area contributed by atoms with Crippen LogP contribution in [0.15, 0.2) is 4.99 Å². The summed E-state index contributed by atoms with van der Waals surface area (Å²) < 4.78 is 0. The summed E-state index contributed by atoms with van der Waals surface area (Å²) in [5, 5.41) is 4.59.